The number of aryl methyl sites for hydroxylation is 1. The fraction of sp³-hybridized carbons (Fsp3) is 0.400. The molecule has 0 saturated heterocycles. The molecule has 2 heterocycles. The maximum Gasteiger partial charge on any atom is 0.244 e. The van der Waals surface area contributed by atoms with Crippen LogP contribution in [-0.4, -0.2) is 26.5 Å². The smallest absolute Gasteiger partial charge is 0.244 e. The summed E-state index contributed by atoms with van der Waals surface area (Å²) < 4.78 is 31.1. The molecule has 0 spiro atoms. The molecular formula is C10H10BrF2N3O2. The molecule has 98 valence electrons. The lowest BCUT2D eigenvalue weighted by atomic mass is 10.1. The van der Waals surface area contributed by atoms with Crippen LogP contribution in [0, 0.1) is 0 Å². The van der Waals surface area contributed by atoms with E-state index in [4.69, 9.17) is 4.52 Å². The summed E-state index contributed by atoms with van der Waals surface area (Å²) >= 11 is 3.19. The molecule has 2 aromatic heterocycles. The molecule has 18 heavy (non-hydrogen) atoms. The first kappa shape index (κ1) is 13.2. The van der Waals surface area contributed by atoms with E-state index in [-0.39, 0.29) is 11.5 Å². The highest BCUT2D eigenvalue weighted by Gasteiger charge is 2.21. The molecule has 0 aromatic carbocycles. The molecule has 0 aliphatic carbocycles. The zero-order chi connectivity index (χ0) is 13.3. The Balaban J connectivity index is 2.21. The molecular weight excluding hydrogens is 312 g/mol. The van der Waals surface area contributed by atoms with Crippen LogP contribution in [0.15, 0.2) is 21.4 Å². The van der Waals surface area contributed by atoms with Crippen LogP contribution in [0.5, 0.6) is 0 Å². The molecule has 1 N–H and O–H groups in total. The molecule has 0 saturated carbocycles. The second-order valence-electron chi connectivity index (χ2n) is 3.77. The maximum atomic E-state index is 12.2. The third kappa shape index (κ3) is 2.75. The average molecular weight is 322 g/mol. The number of hydrogen-bond donors (Lipinski definition) is 1. The first-order chi connectivity index (χ1) is 8.47. The first-order valence-corrected chi connectivity index (χ1v) is 5.87. The van der Waals surface area contributed by atoms with Crippen LogP contribution in [0.25, 0.3) is 0 Å². The van der Waals surface area contributed by atoms with E-state index in [1.807, 2.05) is 0 Å². The molecule has 0 amide bonds. The Bertz CT molecular complexity index is 541. The number of halogens is 3. The predicted molar refractivity (Wildman–Crippen MR) is 61.2 cm³/mol. The van der Waals surface area contributed by atoms with E-state index in [0.29, 0.717) is 10.2 Å². The van der Waals surface area contributed by atoms with E-state index in [9.17, 15) is 13.9 Å². The van der Waals surface area contributed by atoms with Crippen molar-refractivity contribution in [1.29, 1.82) is 0 Å². The van der Waals surface area contributed by atoms with Gasteiger partial charge in [-0.1, -0.05) is 5.16 Å². The van der Waals surface area contributed by atoms with E-state index in [1.165, 1.54) is 10.7 Å². The summed E-state index contributed by atoms with van der Waals surface area (Å²) in [6.07, 6.45) is -2.48. The topological polar surface area (TPSA) is 64.1 Å². The standard InChI is InChI=1S/C10H10BrF2N3O2/c1-16-4-6(10(11)14-16)9(17)7-2-5(15-18-7)3-8(12)13/h2,4,8-9,17H,3H2,1H3. The van der Waals surface area contributed by atoms with E-state index in [2.05, 4.69) is 26.2 Å². The molecule has 8 heteroatoms. The second kappa shape index (κ2) is 5.15. The lowest BCUT2D eigenvalue weighted by Gasteiger charge is -2.03. The summed E-state index contributed by atoms with van der Waals surface area (Å²) in [7, 11) is 1.70. The largest absolute Gasteiger partial charge is 0.380 e. The van der Waals surface area contributed by atoms with E-state index < -0.39 is 19.0 Å². The summed E-state index contributed by atoms with van der Waals surface area (Å²) in [5.41, 5.74) is 0.594. The predicted octanol–water partition coefficient (Wildman–Crippen LogP) is 2.06. The Kier molecular flexibility index (Phi) is 3.76. The van der Waals surface area contributed by atoms with Crippen molar-refractivity contribution in [2.75, 3.05) is 0 Å². The Labute approximate surface area is 110 Å². The summed E-state index contributed by atoms with van der Waals surface area (Å²) in [5, 5.41) is 17.5. The first-order valence-electron chi connectivity index (χ1n) is 5.08. The SMILES string of the molecule is Cn1cc(C(O)c2cc(CC(F)F)no2)c(Br)n1. The van der Waals surface area contributed by atoms with Gasteiger partial charge in [-0.15, -0.1) is 0 Å². The van der Waals surface area contributed by atoms with Crippen molar-refractivity contribution >= 4 is 15.9 Å². The summed E-state index contributed by atoms with van der Waals surface area (Å²) in [6, 6.07) is 1.32. The van der Waals surface area contributed by atoms with E-state index >= 15 is 0 Å². The highest BCUT2D eigenvalue weighted by Crippen LogP contribution is 2.28. The number of aliphatic hydroxyl groups excluding tert-OH is 1. The van der Waals surface area contributed by atoms with Gasteiger partial charge in [0.25, 0.3) is 0 Å². The van der Waals surface area contributed by atoms with Crippen LogP contribution in [0.3, 0.4) is 0 Å². The van der Waals surface area contributed by atoms with Crippen LogP contribution < -0.4 is 0 Å². The van der Waals surface area contributed by atoms with Crippen molar-refractivity contribution in [2.24, 2.45) is 7.05 Å². The number of rotatable bonds is 4. The van der Waals surface area contributed by atoms with Gasteiger partial charge in [0.1, 0.15) is 10.7 Å². The molecule has 0 fully saturated rings. The van der Waals surface area contributed by atoms with Gasteiger partial charge in [-0.25, -0.2) is 8.78 Å². The third-order valence-corrected chi connectivity index (χ3v) is 2.93. The highest BCUT2D eigenvalue weighted by molar-refractivity contribution is 9.10. The summed E-state index contributed by atoms with van der Waals surface area (Å²) in [4.78, 5) is 0. The Morgan fingerprint density at radius 2 is 2.28 bits per heavy atom. The molecule has 1 atom stereocenters. The van der Waals surface area contributed by atoms with Crippen LogP contribution in [0.2, 0.25) is 0 Å². The minimum atomic E-state index is -2.50. The minimum absolute atomic E-state index is 0.110. The van der Waals surface area contributed by atoms with Gasteiger partial charge in [0.15, 0.2) is 5.76 Å². The zero-order valence-electron chi connectivity index (χ0n) is 9.35. The van der Waals surface area contributed by atoms with Crippen LogP contribution in [-0.2, 0) is 13.5 Å². The fourth-order valence-corrected chi connectivity index (χ4v) is 2.10. The van der Waals surface area contributed by atoms with Crippen molar-refractivity contribution in [1.82, 2.24) is 14.9 Å². The Hall–Kier alpha value is -1.28. The Morgan fingerprint density at radius 3 is 2.83 bits per heavy atom. The van der Waals surface area contributed by atoms with Gasteiger partial charge in [0.05, 0.1) is 12.1 Å². The molecule has 2 rings (SSSR count). The van der Waals surface area contributed by atoms with Crippen LogP contribution >= 0.6 is 15.9 Å². The average Bonchev–Trinajstić information content (AvgIpc) is 2.84. The fourth-order valence-electron chi connectivity index (χ4n) is 1.53. The second-order valence-corrected chi connectivity index (χ2v) is 4.52. The summed E-state index contributed by atoms with van der Waals surface area (Å²) in [5.74, 6) is 0.111. The minimum Gasteiger partial charge on any atom is -0.380 e. The van der Waals surface area contributed by atoms with E-state index in [0.717, 1.165) is 0 Å². The van der Waals surface area contributed by atoms with Crippen LogP contribution in [0.1, 0.15) is 23.1 Å². The van der Waals surface area contributed by atoms with Gasteiger partial charge in [0, 0.05) is 24.9 Å². The lowest BCUT2D eigenvalue weighted by Crippen LogP contribution is -1.98. The Morgan fingerprint density at radius 1 is 1.56 bits per heavy atom. The third-order valence-electron chi connectivity index (χ3n) is 2.31. The van der Waals surface area contributed by atoms with Crippen molar-refractivity contribution in [3.63, 3.8) is 0 Å². The van der Waals surface area contributed by atoms with Gasteiger partial charge in [-0.05, 0) is 15.9 Å². The number of alkyl halides is 2. The molecule has 0 aliphatic heterocycles. The van der Waals surface area contributed by atoms with Gasteiger partial charge in [0.2, 0.25) is 6.43 Å². The quantitative estimate of drug-likeness (QED) is 0.936. The molecule has 2 aromatic rings. The molecule has 5 nitrogen and oxygen atoms in total. The van der Waals surface area contributed by atoms with Crippen molar-refractivity contribution in [3.8, 4) is 0 Å². The van der Waals surface area contributed by atoms with Gasteiger partial charge < -0.3 is 9.63 Å². The highest BCUT2D eigenvalue weighted by atomic mass is 79.9. The van der Waals surface area contributed by atoms with Crippen LogP contribution in [0.4, 0.5) is 8.78 Å². The number of aromatic nitrogens is 3. The van der Waals surface area contributed by atoms with Crippen molar-refractivity contribution in [3.05, 3.63) is 33.9 Å². The van der Waals surface area contributed by atoms with Gasteiger partial charge in [-0.3, -0.25) is 4.68 Å². The van der Waals surface area contributed by atoms with Gasteiger partial charge in [-0.2, -0.15) is 5.10 Å². The molecule has 0 aliphatic rings. The number of nitrogens with zero attached hydrogens (tertiary/aromatic N) is 3. The number of aliphatic hydroxyl groups is 1. The lowest BCUT2D eigenvalue weighted by molar-refractivity contribution is 0.145. The monoisotopic (exact) mass is 321 g/mol. The zero-order valence-corrected chi connectivity index (χ0v) is 10.9. The molecule has 1 unspecified atom stereocenters. The van der Waals surface area contributed by atoms with Crippen molar-refractivity contribution in [2.45, 2.75) is 19.0 Å². The normalized spacial score (nSPS) is 13.2. The van der Waals surface area contributed by atoms with Crippen molar-refractivity contribution < 1.29 is 18.4 Å². The van der Waals surface area contributed by atoms with E-state index in [1.54, 1.807) is 13.2 Å². The maximum absolute atomic E-state index is 12.2. The van der Waals surface area contributed by atoms with Gasteiger partial charge >= 0.3 is 0 Å². The molecule has 0 radical (unpaired) electrons. The summed E-state index contributed by atoms with van der Waals surface area (Å²) in [6.45, 7) is 0. The molecule has 0 bridgehead atoms. The number of hydrogen-bond acceptors (Lipinski definition) is 4.